The maximum Gasteiger partial charge on any atom is 0.274 e. The predicted octanol–water partition coefficient (Wildman–Crippen LogP) is 4.88. The Morgan fingerprint density at radius 3 is 2.38 bits per heavy atom. The Kier molecular flexibility index (Phi) is 5.14. The van der Waals surface area contributed by atoms with Gasteiger partial charge in [-0.2, -0.15) is 0 Å². The van der Waals surface area contributed by atoms with Crippen molar-refractivity contribution in [3.8, 4) is 0 Å². The summed E-state index contributed by atoms with van der Waals surface area (Å²) in [5.74, 6) is -0.459. The number of benzene rings is 2. The number of carbonyl (C=O) groups excluding carboxylic acids is 1. The van der Waals surface area contributed by atoms with Crippen molar-refractivity contribution in [2.24, 2.45) is 0 Å². The third-order valence-corrected chi connectivity index (χ3v) is 4.02. The Morgan fingerprint density at radius 1 is 1.00 bits per heavy atom. The lowest BCUT2D eigenvalue weighted by atomic mass is 10.2. The van der Waals surface area contributed by atoms with Crippen LogP contribution in [-0.4, -0.2) is 15.9 Å². The molecule has 3 aromatic rings. The number of amides is 1. The summed E-state index contributed by atoms with van der Waals surface area (Å²) in [5, 5.41) is 6.29. The van der Waals surface area contributed by atoms with Gasteiger partial charge in [0, 0.05) is 22.1 Å². The number of carbonyl (C=O) groups is 1. The van der Waals surface area contributed by atoms with E-state index in [4.69, 9.17) is 11.6 Å². The van der Waals surface area contributed by atoms with Crippen molar-refractivity contribution >= 4 is 34.8 Å². The molecule has 5 nitrogen and oxygen atoms in total. The molecule has 7 heteroatoms. The zero-order chi connectivity index (χ0) is 18.7. The number of halogens is 2. The molecule has 1 aromatic heterocycles. The molecule has 2 aromatic carbocycles. The fourth-order valence-electron chi connectivity index (χ4n) is 2.27. The molecule has 0 bridgehead atoms. The topological polar surface area (TPSA) is 66.9 Å². The molecule has 1 heterocycles. The van der Waals surface area contributed by atoms with Gasteiger partial charge in [0.2, 0.25) is 5.95 Å². The molecule has 132 valence electrons. The van der Waals surface area contributed by atoms with Crippen molar-refractivity contribution in [1.29, 1.82) is 0 Å². The van der Waals surface area contributed by atoms with Gasteiger partial charge in [0.1, 0.15) is 11.5 Å². The van der Waals surface area contributed by atoms with Gasteiger partial charge in [-0.25, -0.2) is 14.4 Å². The second kappa shape index (κ2) is 7.49. The highest BCUT2D eigenvalue weighted by Gasteiger charge is 2.12. The molecule has 0 aliphatic rings. The fraction of sp³-hybridized carbons (Fsp3) is 0.105. The molecule has 2 N–H and O–H groups in total. The van der Waals surface area contributed by atoms with Crippen LogP contribution in [0.25, 0.3) is 0 Å². The first-order valence-corrected chi connectivity index (χ1v) is 8.24. The molecule has 0 saturated heterocycles. The van der Waals surface area contributed by atoms with Gasteiger partial charge in [0.05, 0.1) is 0 Å². The predicted molar refractivity (Wildman–Crippen MR) is 101 cm³/mol. The summed E-state index contributed by atoms with van der Waals surface area (Å²) in [7, 11) is 0. The molecular weight excluding hydrogens is 355 g/mol. The molecule has 0 spiro atoms. The second-order valence-electron chi connectivity index (χ2n) is 5.77. The average Bonchev–Trinajstić information content (AvgIpc) is 2.60. The van der Waals surface area contributed by atoms with E-state index in [-0.39, 0.29) is 23.4 Å². The molecular formula is C19H16ClFN4O. The third kappa shape index (κ3) is 4.34. The van der Waals surface area contributed by atoms with Crippen LogP contribution in [-0.2, 0) is 0 Å². The highest BCUT2D eigenvalue weighted by atomic mass is 35.5. The summed E-state index contributed by atoms with van der Waals surface area (Å²) < 4.78 is 13.0. The zero-order valence-electron chi connectivity index (χ0n) is 14.2. The molecule has 0 unspecified atom stereocenters. The molecule has 0 saturated carbocycles. The summed E-state index contributed by atoms with van der Waals surface area (Å²) in [6.07, 6.45) is 0. The Balaban J connectivity index is 1.80. The van der Waals surface area contributed by atoms with E-state index in [2.05, 4.69) is 20.6 Å². The largest absolute Gasteiger partial charge is 0.324 e. The second-order valence-corrected chi connectivity index (χ2v) is 6.18. The number of hydrogen-bond donors (Lipinski definition) is 2. The summed E-state index contributed by atoms with van der Waals surface area (Å²) in [6.45, 7) is 3.64. The molecule has 1 amide bonds. The molecule has 0 radical (unpaired) electrons. The van der Waals surface area contributed by atoms with E-state index in [1.807, 2.05) is 13.0 Å². The van der Waals surface area contributed by atoms with Crippen LogP contribution >= 0.6 is 11.6 Å². The van der Waals surface area contributed by atoms with Crippen molar-refractivity contribution in [3.63, 3.8) is 0 Å². The number of rotatable bonds is 4. The zero-order valence-corrected chi connectivity index (χ0v) is 14.9. The van der Waals surface area contributed by atoms with Gasteiger partial charge in [0.15, 0.2) is 0 Å². The number of anilines is 3. The van der Waals surface area contributed by atoms with E-state index >= 15 is 0 Å². The Hall–Kier alpha value is -2.99. The maximum absolute atomic E-state index is 13.0. The van der Waals surface area contributed by atoms with Gasteiger partial charge >= 0.3 is 0 Å². The minimum atomic E-state index is -0.377. The third-order valence-electron chi connectivity index (χ3n) is 3.62. The number of aryl methyl sites for hydroxylation is 2. The standard InChI is InChI=1S/C19H16ClFN4O/c1-11-3-6-15(10-16(11)20)23-18(26)17-9-12(2)22-19(25-17)24-14-7-4-13(21)5-8-14/h3-10H,1-2H3,(H,23,26)(H,22,24,25). The number of aromatic nitrogens is 2. The van der Waals surface area contributed by atoms with Crippen molar-refractivity contribution in [1.82, 2.24) is 9.97 Å². The van der Waals surface area contributed by atoms with Crippen molar-refractivity contribution < 1.29 is 9.18 Å². The van der Waals surface area contributed by atoms with Gasteiger partial charge in [-0.05, 0) is 61.9 Å². The minimum Gasteiger partial charge on any atom is -0.324 e. The van der Waals surface area contributed by atoms with E-state index in [1.165, 1.54) is 12.1 Å². The minimum absolute atomic E-state index is 0.207. The van der Waals surface area contributed by atoms with Gasteiger partial charge in [-0.3, -0.25) is 4.79 Å². The quantitative estimate of drug-likeness (QED) is 0.686. The summed E-state index contributed by atoms with van der Waals surface area (Å²) in [5.41, 5.74) is 2.95. The highest BCUT2D eigenvalue weighted by molar-refractivity contribution is 6.31. The lowest BCUT2D eigenvalue weighted by Crippen LogP contribution is -2.15. The van der Waals surface area contributed by atoms with Crippen molar-refractivity contribution in [3.05, 3.63) is 76.3 Å². The Morgan fingerprint density at radius 2 is 1.69 bits per heavy atom. The van der Waals surface area contributed by atoms with E-state index in [0.717, 1.165) is 5.56 Å². The van der Waals surface area contributed by atoms with Crippen LogP contribution in [0, 0.1) is 19.7 Å². The van der Waals surface area contributed by atoms with Gasteiger partial charge in [-0.1, -0.05) is 17.7 Å². The molecule has 0 aliphatic heterocycles. The number of nitrogens with zero attached hydrogens (tertiary/aromatic N) is 2. The first-order valence-electron chi connectivity index (χ1n) is 7.86. The van der Waals surface area contributed by atoms with Crippen LogP contribution in [0.1, 0.15) is 21.7 Å². The fourth-order valence-corrected chi connectivity index (χ4v) is 2.45. The van der Waals surface area contributed by atoms with Crippen molar-refractivity contribution in [2.75, 3.05) is 10.6 Å². The number of nitrogens with one attached hydrogen (secondary N) is 2. The van der Waals surface area contributed by atoms with Gasteiger partial charge in [0.25, 0.3) is 5.91 Å². The lowest BCUT2D eigenvalue weighted by Gasteiger charge is -2.09. The smallest absolute Gasteiger partial charge is 0.274 e. The molecule has 0 fully saturated rings. The Labute approximate surface area is 155 Å². The van der Waals surface area contributed by atoms with Gasteiger partial charge in [-0.15, -0.1) is 0 Å². The first kappa shape index (κ1) is 17.8. The number of hydrogen-bond acceptors (Lipinski definition) is 4. The van der Waals surface area contributed by atoms with Crippen LogP contribution in [0.15, 0.2) is 48.5 Å². The summed E-state index contributed by atoms with van der Waals surface area (Å²) in [6, 6.07) is 12.6. The highest BCUT2D eigenvalue weighted by Crippen LogP contribution is 2.21. The van der Waals surface area contributed by atoms with Gasteiger partial charge < -0.3 is 10.6 Å². The van der Waals surface area contributed by atoms with E-state index in [9.17, 15) is 9.18 Å². The van der Waals surface area contributed by atoms with Crippen LogP contribution in [0.5, 0.6) is 0 Å². The van der Waals surface area contributed by atoms with Crippen LogP contribution in [0.2, 0.25) is 5.02 Å². The van der Waals surface area contributed by atoms with E-state index < -0.39 is 0 Å². The van der Waals surface area contributed by atoms with Crippen LogP contribution in [0.3, 0.4) is 0 Å². The lowest BCUT2D eigenvalue weighted by molar-refractivity contribution is 0.102. The summed E-state index contributed by atoms with van der Waals surface area (Å²) >= 11 is 6.08. The van der Waals surface area contributed by atoms with Crippen LogP contribution in [0.4, 0.5) is 21.7 Å². The van der Waals surface area contributed by atoms with E-state index in [0.29, 0.717) is 22.1 Å². The van der Waals surface area contributed by atoms with Crippen LogP contribution < -0.4 is 10.6 Å². The monoisotopic (exact) mass is 370 g/mol. The first-order chi connectivity index (χ1) is 12.4. The summed E-state index contributed by atoms with van der Waals surface area (Å²) in [4.78, 5) is 21.0. The Bertz CT molecular complexity index is 960. The normalized spacial score (nSPS) is 10.5. The maximum atomic E-state index is 13.0. The molecule has 26 heavy (non-hydrogen) atoms. The van der Waals surface area contributed by atoms with E-state index in [1.54, 1.807) is 37.3 Å². The SMILES string of the molecule is Cc1cc(C(=O)Nc2ccc(C)c(Cl)c2)nc(Nc2ccc(F)cc2)n1. The average molecular weight is 371 g/mol. The molecule has 0 aliphatic carbocycles. The molecule has 0 atom stereocenters. The molecule has 3 rings (SSSR count). The van der Waals surface area contributed by atoms with Crippen molar-refractivity contribution in [2.45, 2.75) is 13.8 Å².